The predicted octanol–water partition coefficient (Wildman–Crippen LogP) is 4.61. The summed E-state index contributed by atoms with van der Waals surface area (Å²) in [5, 5.41) is 6.03. The molecule has 0 fully saturated rings. The molecule has 0 saturated carbocycles. The largest absolute Gasteiger partial charge is 0.456 e. The number of amides is 1. The van der Waals surface area contributed by atoms with E-state index < -0.39 is 15.5 Å². The van der Waals surface area contributed by atoms with E-state index in [1.54, 1.807) is 47.2 Å². The van der Waals surface area contributed by atoms with Crippen LogP contribution in [0.4, 0.5) is 20.3 Å². The maximum atomic E-state index is 13.6. The second-order valence-corrected chi connectivity index (χ2v) is 12.1. The molecule has 39 heavy (non-hydrogen) atoms. The Morgan fingerprint density at radius 1 is 1.28 bits per heavy atom. The molecule has 0 aliphatic heterocycles. The van der Waals surface area contributed by atoms with Gasteiger partial charge in [0.05, 0.1) is 16.3 Å². The zero-order valence-electron chi connectivity index (χ0n) is 20.7. The number of sulfone groups is 1. The van der Waals surface area contributed by atoms with Crippen molar-refractivity contribution in [2.45, 2.75) is 18.6 Å². The molecule has 2 aromatic heterocycles. The van der Waals surface area contributed by atoms with Gasteiger partial charge < -0.3 is 19.9 Å². The topological polar surface area (TPSA) is 115 Å². The van der Waals surface area contributed by atoms with Crippen molar-refractivity contribution in [3.63, 3.8) is 0 Å². The molecule has 1 unspecified atom stereocenters. The Hall–Kier alpha value is -3.34. The maximum Gasteiger partial charge on any atom is 0.280 e. The van der Waals surface area contributed by atoms with Crippen LogP contribution in [-0.2, 0) is 21.2 Å². The van der Waals surface area contributed by atoms with Crippen LogP contribution in [0.2, 0.25) is 5.02 Å². The van der Waals surface area contributed by atoms with Crippen LogP contribution in [0.3, 0.4) is 0 Å². The number of aromatic nitrogens is 3. The number of hydrogen-bond donors (Lipinski definition) is 2. The highest BCUT2D eigenvalue weighted by Crippen LogP contribution is 2.36. The number of ether oxygens (including phenoxy) is 1. The number of rotatable bonds is 10. The summed E-state index contributed by atoms with van der Waals surface area (Å²) < 4.78 is 57.3. The molecule has 2 N–H and O–H groups in total. The normalized spacial score (nSPS) is 14.0. The average Bonchev–Trinajstić information content (AvgIpc) is 3.08. The molecule has 4 rings (SSSR count). The van der Waals surface area contributed by atoms with Gasteiger partial charge in [-0.3, -0.25) is 4.79 Å². The molecule has 0 saturated heterocycles. The lowest BCUT2D eigenvalue weighted by molar-refractivity contribution is -0.121. The number of alkyl halides is 2. The summed E-state index contributed by atoms with van der Waals surface area (Å²) in [7, 11) is -1.66. The molecule has 2 heterocycles. The van der Waals surface area contributed by atoms with Crippen LogP contribution in [0.5, 0.6) is 5.75 Å². The van der Waals surface area contributed by atoms with E-state index in [-0.39, 0.29) is 41.8 Å². The number of nitrogens with zero attached hydrogens (tertiary/aromatic N) is 3. The van der Waals surface area contributed by atoms with E-state index >= 15 is 0 Å². The third-order valence-electron chi connectivity index (χ3n) is 5.59. The van der Waals surface area contributed by atoms with Crippen LogP contribution in [-0.4, -0.2) is 53.1 Å². The zero-order valence-corrected chi connectivity index (χ0v) is 23.4. The van der Waals surface area contributed by atoms with Crippen LogP contribution >= 0.6 is 20.8 Å². The highest BCUT2D eigenvalue weighted by molar-refractivity contribution is 7.90. The van der Waals surface area contributed by atoms with Crippen LogP contribution < -0.4 is 15.4 Å². The van der Waals surface area contributed by atoms with Crippen molar-refractivity contribution in [1.82, 2.24) is 19.9 Å². The molecular formula is C25H25ClF2N5O4PS. The first-order chi connectivity index (χ1) is 18.4. The Bertz CT molecular complexity index is 1600. The number of carbonyl (C=O) groups excluding carboxylic acids is 1. The lowest BCUT2D eigenvalue weighted by Gasteiger charge is -2.13. The number of carbonyl (C=O) groups is 1. The number of hydrogen-bond acceptors (Lipinski definition) is 7. The molecule has 9 nitrogen and oxygen atoms in total. The summed E-state index contributed by atoms with van der Waals surface area (Å²) in [6.45, 7) is -0.0510. The summed E-state index contributed by atoms with van der Waals surface area (Å²) >= 11 is 6.45. The lowest BCUT2D eigenvalue weighted by Crippen LogP contribution is -2.31. The fourth-order valence-corrected chi connectivity index (χ4v) is 4.60. The first-order valence-corrected chi connectivity index (χ1v) is 14.6. The van der Waals surface area contributed by atoms with E-state index in [1.807, 2.05) is 0 Å². The molecule has 1 amide bonds. The van der Waals surface area contributed by atoms with Gasteiger partial charge in [0.1, 0.15) is 39.7 Å². The third kappa shape index (κ3) is 7.84. The van der Waals surface area contributed by atoms with Crippen LogP contribution in [0.1, 0.15) is 6.42 Å². The summed E-state index contributed by atoms with van der Waals surface area (Å²) in [6, 6.07) is 6.70. The maximum absolute atomic E-state index is 13.6. The standard InChI is InChI=1S/C25H25ClF2N5O4PS/c1-39(35,36)12-10-29-22(34)14-33-11-9-20-23(33)24(31-15-30-20)32-17-6-8-21(19(26)13-17)37-18-4-2-3-16(5-7-18)25(27,28)38/h2-4,6-9,11,13,15H,5,10,12,14,38H2,1H3,(H,29,34)(H,30,31,32). The fraction of sp³-hybridized carbons (Fsp3) is 0.240. The first kappa shape index (κ1) is 28.7. The second-order valence-electron chi connectivity index (χ2n) is 8.74. The summed E-state index contributed by atoms with van der Waals surface area (Å²) in [6.07, 6.45) is 10.2. The number of benzene rings is 1. The molecule has 1 atom stereocenters. The van der Waals surface area contributed by atoms with E-state index in [1.165, 1.54) is 27.7 Å². The zero-order chi connectivity index (χ0) is 28.2. The van der Waals surface area contributed by atoms with Crippen molar-refractivity contribution >= 4 is 59.1 Å². The summed E-state index contributed by atoms with van der Waals surface area (Å²) in [4.78, 5) is 20.9. The smallest absolute Gasteiger partial charge is 0.280 e. The minimum Gasteiger partial charge on any atom is -0.456 e. The van der Waals surface area contributed by atoms with Gasteiger partial charge in [0, 0.05) is 30.3 Å². The number of halogens is 3. The van der Waals surface area contributed by atoms with Crippen molar-refractivity contribution in [3.8, 4) is 5.75 Å². The highest BCUT2D eigenvalue weighted by atomic mass is 35.5. The minimum atomic E-state index is -3.19. The van der Waals surface area contributed by atoms with Gasteiger partial charge >= 0.3 is 0 Å². The van der Waals surface area contributed by atoms with Crippen molar-refractivity contribution in [2.75, 3.05) is 23.9 Å². The molecule has 1 aliphatic rings. The Morgan fingerprint density at radius 3 is 2.79 bits per heavy atom. The molecule has 0 spiro atoms. The van der Waals surface area contributed by atoms with Crippen LogP contribution in [0, 0.1) is 0 Å². The molecule has 3 aromatic rings. The van der Waals surface area contributed by atoms with Gasteiger partial charge in [-0.1, -0.05) is 33.0 Å². The van der Waals surface area contributed by atoms with Crippen LogP contribution in [0.25, 0.3) is 11.0 Å². The number of fused-ring (bicyclic) bond motifs is 1. The number of nitrogens with one attached hydrogen (secondary N) is 2. The highest BCUT2D eigenvalue weighted by Gasteiger charge is 2.27. The second kappa shape index (κ2) is 11.8. The molecule has 206 valence electrons. The SMILES string of the molecule is CS(=O)(=O)CCNC(=O)Cn1ccc2ncnc(Nc3ccc(OC4=CCC(C(F)(F)P)=CC=C4)c(Cl)c3)c21. The molecule has 1 aliphatic carbocycles. The molecular weight excluding hydrogens is 571 g/mol. The quantitative estimate of drug-likeness (QED) is 0.329. The van der Waals surface area contributed by atoms with Gasteiger partial charge in [0.2, 0.25) is 5.91 Å². The van der Waals surface area contributed by atoms with E-state index in [4.69, 9.17) is 16.3 Å². The monoisotopic (exact) mass is 595 g/mol. The Labute approximate surface area is 231 Å². The third-order valence-corrected chi connectivity index (χ3v) is 7.20. The van der Waals surface area contributed by atoms with Crippen molar-refractivity contribution in [2.24, 2.45) is 0 Å². The van der Waals surface area contributed by atoms with E-state index in [0.717, 1.165) is 6.26 Å². The molecule has 14 heteroatoms. The van der Waals surface area contributed by atoms with Gasteiger partial charge in [-0.2, -0.15) is 8.78 Å². The van der Waals surface area contributed by atoms with Gasteiger partial charge in [-0.05, 0) is 42.8 Å². The van der Waals surface area contributed by atoms with Crippen LogP contribution in [0.15, 0.2) is 72.4 Å². The first-order valence-electron chi connectivity index (χ1n) is 11.6. The Morgan fingerprint density at radius 2 is 2.08 bits per heavy atom. The molecule has 0 radical (unpaired) electrons. The summed E-state index contributed by atoms with van der Waals surface area (Å²) in [5.74, 6) is 0.622. The average molecular weight is 596 g/mol. The molecule has 0 bridgehead atoms. The predicted molar refractivity (Wildman–Crippen MR) is 150 cm³/mol. The van der Waals surface area contributed by atoms with Gasteiger partial charge in [0.25, 0.3) is 5.66 Å². The van der Waals surface area contributed by atoms with Gasteiger partial charge in [0.15, 0.2) is 5.82 Å². The molecule has 1 aromatic carbocycles. The number of anilines is 2. The van der Waals surface area contributed by atoms with E-state index in [2.05, 4.69) is 20.6 Å². The van der Waals surface area contributed by atoms with Gasteiger partial charge in [-0.15, -0.1) is 0 Å². The Balaban J connectivity index is 1.47. The van der Waals surface area contributed by atoms with Crippen molar-refractivity contribution in [1.29, 1.82) is 0 Å². The van der Waals surface area contributed by atoms with E-state index in [0.29, 0.717) is 34.0 Å². The van der Waals surface area contributed by atoms with Crippen molar-refractivity contribution in [3.05, 3.63) is 77.4 Å². The lowest BCUT2D eigenvalue weighted by atomic mass is 10.2. The summed E-state index contributed by atoms with van der Waals surface area (Å²) in [5.41, 5.74) is -1.32. The fourth-order valence-electron chi connectivity index (χ4n) is 3.70. The van der Waals surface area contributed by atoms with Gasteiger partial charge in [-0.25, -0.2) is 18.4 Å². The van der Waals surface area contributed by atoms with E-state index in [9.17, 15) is 22.0 Å². The Kier molecular flexibility index (Phi) is 8.68. The number of allylic oxidation sites excluding steroid dienone is 5. The van der Waals surface area contributed by atoms with Crippen molar-refractivity contribution < 1.29 is 26.7 Å². The minimum absolute atomic E-state index is 0.0138.